The number of nitrogens with two attached hydrogens (primary N) is 1. The minimum absolute atomic E-state index is 0.0574. The maximum Gasteiger partial charge on any atom is 0.242 e. The summed E-state index contributed by atoms with van der Waals surface area (Å²) in [6.07, 6.45) is 3.43. The number of hydrogen-bond acceptors (Lipinski definition) is 3. The molecule has 0 bridgehead atoms. The minimum atomic E-state index is -0.290. The normalized spacial score (nSPS) is 22.1. The molecule has 0 radical (unpaired) electrons. The van der Waals surface area contributed by atoms with E-state index in [-0.39, 0.29) is 23.8 Å². The van der Waals surface area contributed by atoms with Gasteiger partial charge in [0.05, 0.1) is 0 Å². The zero-order valence-electron chi connectivity index (χ0n) is 10.7. The van der Waals surface area contributed by atoms with Crippen LogP contribution in [0.5, 0.6) is 0 Å². The van der Waals surface area contributed by atoms with E-state index in [1.165, 1.54) is 0 Å². The van der Waals surface area contributed by atoms with Crippen molar-refractivity contribution in [2.24, 2.45) is 11.7 Å². The molecule has 1 heterocycles. The quantitative estimate of drug-likeness (QED) is 0.733. The summed E-state index contributed by atoms with van der Waals surface area (Å²) in [5.74, 6) is -0.0907. The molecule has 1 saturated heterocycles. The zero-order chi connectivity index (χ0) is 12.8. The summed E-state index contributed by atoms with van der Waals surface area (Å²) in [5.41, 5.74) is 5.47. The summed E-state index contributed by atoms with van der Waals surface area (Å²) < 4.78 is 0. The summed E-state index contributed by atoms with van der Waals surface area (Å²) in [6.45, 7) is 3.07. The Balaban J connectivity index is 2.70. The Labute approximate surface area is 103 Å². The van der Waals surface area contributed by atoms with Crippen LogP contribution in [0.15, 0.2) is 0 Å². The standard InChI is InChI=1S/C12H23N3O2/c1-9(6-7-13)12(17)15-8-4-3-5-10(15)11(16)14-2/h9-10H,3-8,13H2,1-2H3,(H,14,16). The van der Waals surface area contributed by atoms with Crippen molar-refractivity contribution in [2.75, 3.05) is 20.1 Å². The van der Waals surface area contributed by atoms with Gasteiger partial charge in [0.1, 0.15) is 6.04 Å². The third-order valence-electron chi connectivity index (χ3n) is 3.36. The van der Waals surface area contributed by atoms with Gasteiger partial charge in [-0.2, -0.15) is 0 Å². The van der Waals surface area contributed by atoms with Gasteiger partial charge in [0, 0.05) is 19.5 Å². The Bertz CT molecular complexity index is 281. The third-order valence-corrected chi connectivity index (χ3v) is 3.36. The second-order valence-electron chi connectivity index (χ2n) is 4.64. The molecule has 2 amide bonds. The molecule has 5 heteroatoms. The first-order chi connectivity index (χ1) is 8.11. The van der Waals surface area contributed by atoms with Crippen LogP contribution in [-0.4, -0.2) is 42.9 Å². The van der Waals surface area contributed by atoms with E-state index in [1.807, 2.05) is 6.92 Å². The highest BCUT2D eigenvalue weighted by Gasteiger charge is 2.33. The van der Waals surface area contributed by atoms with Gasteiger partial charge in [0.25, 0.3) is 0 Å². The smallest absolute Gasteiger partial charge is 0.242 e. The van der Waals surface area contributed by atoms with E-state index in [2.05, 4.69) is 5.32 Å². The van der Waals surface area contributed by atoms with Gasteiger partial charge in [0.15, 0.2) is 0 Å². The van der Waals surface area contributed by atoms with Crippen molar-refractivity contribution in [3.8, 4) is 0 Å². The average Bonchev–Trinajstić information content (AvgIpc) is 2.37. The molecule has 1 aliphatic heterocycles. The number of hydrogen-bond donors (Lipinski definition) is 2. The SMILES string of the molecule is CNC(=O)C1CCCCN1C(=O)C(C)CCN. The van der Waals surface area contributed by atoms with E-state index in [4.69, 9.17) is 5.73 Å². The largest absolute Gasteiger partial charge is 0.357 e. The van der Waals surface area contributed by atoms with Crippen LogP contribution in [0, 0.1) is 5.92 Å². The lowest BCUT2D eigenvalue weighted by Crippen LogP contribution is -2.52. The fourth-order valence-electron chi connectivity index (χ4n) is 2.29. The summed E-state index contributed by atoms with van der Waals surface area (Å²) >= 11 is 0. The van der Waals surface area contributed by atoms with Crippen LogP contribution in [0.25, 0.3) is 0 Å². The number of amides is 2. The molecule has 1 rings (SSSR count). The van der Waals surface area contributed by atoms with E-state index in [0.717, 1.165) is 19.3 Å². The van der Waals surface area contributed by atoms with Crippen molar-refractivity contribution in [1.29, 1.82) is 0 Å². The summed E-state index contributed by atoms with van der Waals surface area (Å²) in [7, 11) is 1.61. The van der Waals surface area contributed by atoms with Gasteiger partial charge in [-0.3, -0.25) is 9.59 Å². The lowest BCUT2D eigenvalue weighted by atomic mass is 9.98. The van der Waals surface area contributed by atoms with Gasteiger partial charge < -0.3 is 16.0 Å². The number of nitrogens with one attached hydrogen (secondary N) is 1. The Morgan fingerprint density at radius 3 is 2.76 bits per heavy atom. The highest BCUT2D eigenvalue weighted by atomic mass is 16.2. The topological polar surface area (TPSA) is 75.4 Å². The van der Waals surface area contributed by atoms with Crippen LogP contribution >= 0.6 is 0 Å². The van der Waals surface area contributed by atoms with Crippen LogP contribution in [0.1, 0.15) is 32.6 Å². The van der Waals surface area contributed by atoms with Crippen LogP contribution in [0.3, 0.4) is 0 Å². The van der Waals surface area contributed by atoms with E-state index in [1.54, 1.807) is 11.9 Å². The van der Waals surface area contributed by atoms with Crippen molar-refractivity contribution in [3.63, 3.8) is 0 Å². The molecule has 3 N–H and O–H groups in total. The summed E-state index contributed by atoms with van der Waals surface area (Å²) in [5, 5.41) is 2.63. The zero-order valence-corrected chi connectivity index (χ0v) is 10.7. The number of likely N-dealkylation sites (N-methyl/N-ethyl adjacent to an activating group) is 1. The molecule has 0 aromatic rings. The number of piperidine rings is 1. The van der Waals surface area contributed by atoms with Gasteiger partial charge >= 0.3 is 0 Å². The first-order valence-corrected chi connectivity index (χ1v) is 6.34. The molecule has 2 atom stereocenters. The van der Waals surface area contributed by atoms with Gasteiger partial charge in [0.2, 0.25) is 11.8 Å². The van der Waals surface area contributed by atoms with Crippen LogP contribution in [-0.2, 0) is 9.59 Å². The first kappa shape index (κ1) is 14.0. The van der Waals surface area contributed by atoms with E-state index < -0.39 is 0 Å². The van der Waals surface area contributed by atoms with Crippen LogP contribution < -0.4 is 11.1 Å². The third kappa shape index (κ3) is 3.43. The molecule has 0 aromatic carbocycles. The second kappa shape index (κ2) is 6.59. The van der Waals surface area contributed by atoms with Crippen molar-refractivity contribution >= 4 is 11.8 Å². The fraction of sp³-hybridized carbons (Fsp3) is 0.833. The van der Waals surface area contributed by atoms with Crippen molar-refractivity contribution in [3.05, 3.63) is 0 Å². The maximum absolute atomic E-state index is 12.2. The van der Waals surface area contributed by atoms with Crippen molar-refractivity contribution in [1.82, 2.24) is 10.2 Å². The summed E-state index contributed by atoms with van der Waals surface area (Å²) in [4.78, 5) is 25.7. The van der Waals surface area contributed by atoms with E-state index in [0.29, 0.717) is 19.5 Å². The first-order valence-electron chi connectivity index (χ1n) is 6.34. The van der Waals surface area contributed by atoms with Crippen LogP contribution in [0.4, 0.5) is 0 Å². The predicted octanol–water partition coefficient (Wildman–Crippen LogP) is 0.0984. The minimum Gasteiger partial charge on any atom is -0.357 e. The summed E-state index contributed by atoms with van der Waals surface area (Å²) in [6, 6.07) is -0.290. The lowest BCUT2D eigenvalue weighted by Gasteiger charge is -2.36. The number of carbonyl (C=O) groups is 2. The molecule has 0 aromatic heterocycles. The number of rotatable bonds is 4. The number of nitrogens with zero attached hydrogens (tertiary/aromatic N) is 1. The van der Waals surface area contributed by atoms with Gasteiger partial charge in [-0.15, -0.1) is 0 Å². The molecule has 0 spiro atoms. The monoisotopic (exact) mass is 241 g/mol. The van der Waals surface area contributed by atoms with E-state index in [9.17, 15) is 9.59 Å². The van der Waals surface area contributed by atoms with Gasteiger partial charge in [-0.05, 0) is 32.2 Å². The molecule has 1 aliphatic rings. The molecule has 2 unspecified atom stereocenters. The lowest BCUT2D eigenvalue weighted by molar-refractivity contribution is -0.145. The van der Waals surface area contributed by atoms with E-state index >= 15 is 0 Å². The van der Waals surface area contributed by atoms with Crippen molar-refractivity contribution in [2.45, 2.75) is 38.6 Å². The highest BCUT2D eigenvalue weighted by molar-refractivity contribution is 5.88. The van der Waals surface area contributed by atoms with Gasteiger partial charge in [-0.25, -0.2) is 0 Å². The molecule has 17 heavy (non-hydrogen) atoms. The predicted molar refractivity (Wildman–Crippen MR) is 66.3 cm³/mol. The molecule has 0 aliphatic carbocycles. The average molecular weight is 241 g/mol. The molecule has 5 nitrogen and oxygen atoms in total. The molecule has 1 fully saturated rings. The highest BCUT2D eigenvalue weighted by Crippen LogP contribution is 2.20. The Morgan fingerprint density at radius 2 is 2.18 bits per heavy atom. The Hall–Kier alpha value is -1.10. The van der Waals surface area contributed by atoms with Crippen molar-refractivity contribution < 1.29 is 9.59 Å². The Morgan fingerprint density at radius 1 is 1.47 bits per heavy atom. The number of likely N-dealkylation sites (tertiary alicyclic amines) is 1. The van der Waals surface area contributed by atoms with Crippen LogP contribution in [0.2, 0.25) is 0 Å². The molecule has 98 valence electrons. The van der Waals surface area contributed by atoms with Gasteiger partial charge in [-0.1, -0.05) is 6.92 Å². The second-order valence-corrected chi connectivity index (χ2v) is 4.64. The molecular formula is C12H23N3O2. The maximum atomic E-state index is 12.2. The fourth-order valence-corrected chi connectivity index (χ4v) is 2.29. The number of carbonyl (C=O) groups excluding carboxylic acids is 2. The molecular weight excluding hydrogens is 218 g/mol. The Kier molecular flexibility index (Phi) is 5.41. The molecule has 0 saturated carbocycles.